The zero-order chi connectivity index (χ0) is 23.4. The second kappa shape index (κ2) is 10.4. The van der Waals surface area contributed by atoms with Crippen molar-refractivity contribution in [2.45, 2.75) is 25.8 Å². The van der Waals surface area contributed by atoms with Crippen LogP contribution >= 0.6 is 15.9 Å². The molecule has 0 spiro atoms. The molecule has 170 valence electrons. The summed E-state index contributed by atoms with van der Waals surface area (Å²) in [6.45, 7) is 1.23. The highest BCUT2D eigenvalue weighted by Crippen LogP contribution is 2.45. The van der Waals surface area contributed by atoms with E-state index in [0.717, 1.165) is 4.47 Å². The summed E-state index contributed by atoms with van der Waals surface area (Å²) in [4.78, 5) is 50.7. The molecule has 0 radical (unpaired) electrons. The number of rotatable bonds is 9. The number of β-lactam (4-membered cyclic amide) rings is 1. The maximum atomic E-state index is 12.8. The molecule has 0 bridgehead atoms. The van der Waals surface area contributed by atoms with Crippen molar-refractivity contribution in [1.82, 2.24) is 4.90 Å². The maximum Gasteiger partial charge on any atom is 0.356 e. The van der Waals surface area contributed by atoms with E-state index in [1.54, 1.807) is 37.3 Å². The Morgan fingerprint density at radius 1 is 1.25 bits per heavy atom. The van der Waals surface area contributed by atoms with Crippen LogP contribution in [0.4, 0.5) is 0 Å². The second-order valence-electron chi connectivity index (χ2n) is 7.16. The fourth-order valence-corrected chi connectivity index (χ4v) is 5.04. The summed E-state index contributed by atoms with van der Waals surface area (Å²) < 4.78 is 23.1. The van der Waals surface area contributed by atoms with Gasteiger partial charge in [-0.1, -0.05) is 41.1 Å². The van der Waals surface area contributed by atoms with Gasteiger partial charge in [0, 0.05) is 33.2 Å². The summed E-state index contributed by atoms with van der Waals surface area (Å²) in [7, 11) is -0.190. The molecule has 0 saturated carbocycles. The molecule has 1 fully saturated rings. The van der Waals surface area contributed by atoms with Gasteiger partial charge in [0.15, 0.2) is 12.4 Å². The molecule has 2 aliphatic rings. The third-order valence-electron chi connectivity index (χ3n) is 5.33. The lowest BCUT2D eigenvalue weighted by Gasteiger charge is -2.43. The van der Waals surface area contributed by atoms with Crippen LogP contribution in [0.1, 0.15) is 30.1 Å². The van der Waals surface area contributed by atoms with E-state index in [-0.39, 0.29) is 35.6 Å². The number of benzene rings is 1. The third kappa shape index (κ3) is 4.91. The molecule has 2 aliphatic heterocycles. The van der Waals surface area contributed by atoms with Crippen LogP contribution in [0.25, 0.3) is 0 Å². The first-order valence-corrected chi connectivity index (χ1v) is 12.0. The van der Waals surface area contributed by atoms with Crippen molar-refractivity contribution in [3.63, 3.8) is 0 Å². The molecule has 8 nitrogen and oxygen atoms in total. The zero-order valence-electron chi connectivity index (χ0n) is 17.5. The van der Waals surface area contributed by atoms with Gasteiger partial charge in [0.05, 0.1) is 29.9 Å². The first-order chi connectivity index (χ1) is 15.3. The fraction of sp³-hybridized carbons (Fsp3) is 0.364. The number of carbonyl (C=O) groups is 4. The number of ether oxygens (including phenoxy) is 2. The van der Waals surface area contributed by atoms with Gasteiger partial charge in [-0.2, -0.15) is 0 Å². The quantitative estimate of drug-likeness (QED) is 0.212. The van der Waals surface area contributed by atoms with E-state index in [9.17, 15) is 23.4 Å². The van der Waals surface area contributed by atoms with Gasteiger partial charge in [-0.25, -0.2) is 9.59 Å². The number of ketones is 1. The van der Waals surface area contributed by atoms with E-state index in [0.29, 0.717) is 16.9 Å². The fourth-order valence-electron chi connectivity index (χ4n) is 3.68. The van der Waals surface area contributed by atoms with Crippen molar-refractivity contribution in [3.05, 3.63) is 57.1 Å². The van der Waals surface area contributed by atoms with Crippen LogP contribution in [-0.4, -0.2) is 58.2 Å². The summed E-state index contributed by atoms with van der Waals surface area (Å²) in [5, 5.41) is 0. The second-order valence-corrected chi connectivity index (χ2v) is 9.84. The molecule has 32 heavy (non-hydrogen) atoms. The number of hydrogen-bond acceptors (Lipinski definition) is 7. The predicted octanol–water partition coefficient (Wildman–Crippen LogP) is 2.51. The Hall–Kier alpha value is -2.59. The predicted molar refractivity (Wildman–Crippen MR) is 120 cm³/mol. The summed E-state index contributed by atoms with van der Waals surface area (Å²) in [6.07, 6.45) is 3.38. The van der Waals surface area contributed by atoms with Crippen molar-refractivity contribution in [2.75, 3.05) is 19.5 Å². The van der Waals surface area contributed by atoms with Gasteiger partial charge in [-0.3, -0.25) is 13.8 Å². The van der Waals surface area contributed by atoms with Gasteiger partial charge in [-0.05, 0) is 18.6 Å². The highest BCUT2D eigenvalue weighted by atomic mass is 79.9. The van der Waals surface area contributed by atoms with Gasteiger partial charge in [0.25, 0.3) is 0 Å². The van der Waals surface area contributed by atoms with E-state index in [1.807, 2.05) is 0 Å². The van der Waals surface area contributed by atoms with Gasteiger partial charge >= 0.3 is 11.9 Å². The maximum absolute atomic E-state index is 12.8. The first-order valence-electron chi connectivity index (χ1n) is 9.93. The van der Waals surface area contributed by atoms with E-state index < -0.39 is 35.3 Å². The van der Waals surface area contributed by atoms with Crippen LogP contribution in [0.3, 0.4) is 0 Å². The van der Waals surface area contributed by atoms with Crippen LogP contribution in [0.5, 0.6) is 0 Å². The normalized spacial score (nSPS) is 20.7. The standard InChI is InChI=1S/C22H22BrNO7S/c1-3-32(29)18-11-16-15(5-4-6-19(26)30-2)21(27)24(16)20(18)22(28)31-12-17(25)13-7-9-14(23)10-8-13/h4,6-10,15-16H,3,5,11-12H2,1-2H3. The SMILES string of the molecule is CCS(=O)C1=C(C(=O)OCC(=O)c2ccc(Br)cc2)N2C(=O)C(CC=CC(=O)OC)C2C1. The lowest BCUT2D eigenvalue weighted by Crippen LogP contribution is -2.58. The number of halogens is 1. The molecular formula is C22H22BrNO7S. The smallest absolute Gasteiger partial charge is 0.356 e. The monoisotopic (exact) mass is 523 g/mol. The molecule has 1 aromatic carbocycles. The lowest BCUT2D eigenvalue weighted by molar-refractivity contribution is -0.156. The number of nitrogens with zero attached hydrogens (tertiary/aromatic N) is 1. The summed E-state index contributed by atoms with van der Waals surface area (Å²) in [5.41, 5.74) is 0.353. The van der Waals surface area contributed by atoms with Crippen molar-refractivity contribution in [3.8, 4) is 0 Å². The molecule has 2 heterocycles. The molecule has 3 atom stereocenters. The van der Waals surface area contributed by atoms with Crippen LogP contribution in [-0.2, 0) is 34.7 Å². The minimum atomic E-state index is -1.45. The van der Waals surface area contributed by atoms with Gasteiger partial charge in [0.1, 0.15) is 5.70 Å². The number of methoxy groups -OCH3 is 1. The van der Waals surface area contributed by atoms with Crippen molar-refractivity contribution < 1.29 is 32.9 Å². The van der Waals surface area contributed by atoms with E-state index >= 15 is 0 Å². The van der Waals surface area contributed by atoms with E-state index in [1.165, 1.54) is 18.1 Å². The average Bonchev–Trinajstić information content (AvgIpc) is 3.15. The number of Topliss-reactive ketones (excluding diaryl/α,β-unsaturated/α-hetero) is 1. The number of carbonyl (C=O) groups excluding carboxylic acids is 4. The molecule has 0 aliphatic carbocycles. The number of esters is 2. The number of allylic oxidation sites excluding steroid dienone is 1. The topological polar surface area (TPSA) is 107 Å². The summed E-state index contributed by atoms with van der Waals surface area (Å²) in [5.74, 6) is -2.21. The Bertz CT molecular complexity index is 1030. The molecule has 1 amide bonds. The van der Waals surface area contributed by atoms with Gasteiger partial charge in [0.2, 0.25) is 5.91 Å². The molecular weight excluding hydrogens is 502 g/mol. The molecule has 3 rings (SSSR count). The minimum absolute atomic E-state index is 0.0306. The van der Waals surface area contributed by atoms with Crippen LogP contribution < -0.4 is 0 Å². The van der Waals surface area contributed by atoms with Crippen molar-refractivity contribution >= 4 is 50.4 Å². The van der Waals surface area contributed by atoms with E-state index in [2.05, 4.69) is 20.7 Å². The molecule has 1 aromatic rings. The minimum Gasteiger partial charge on any atom is -0.466 e. The van der Waals surface area contributed by atoms with Crippen LogP contribution in [0.2, 0.25) is 0 Å². The van der Waals surface area contributed by atoms with Gasteiger partial charge < -0.3 is 14.4 Å². The summed E-state index contributed by atoms with van der Waals surface area (Å²) in [6, 6.07) is 6.28. The number of amides is 1. The molecule has 10 heteroatoms. The third-order valence-corrected chi connectivity index (χ3v) is 7.29. The zero-order valence-corrected chi connectivity index (χ0v) is 19.9. The van der Waals surface area contributed by atoms with E-state index in [4.69, 9.17) is 4.74 Å². The first kappa shape index (κ1) is 24.1. The Balaban J connectivity index is 1.71. The highest BCUT2D eigenvalue weighted by Gasteiger charge is 2.55. The van der Waals surface area contributed by atoms with Gasteiger partial charge in [-0.15, -0.1) is 0 Å². The van der Waals surface area contributed by atoms with Crippen molar-refractivity contribution in [1.29, 1.82) is 0 Å². The lowest BCUT2D eigenvalue weighted by atomic mass is 9.84. The molecule has 0 N–H and O–H groups in total. The largest absolute Gasteiger partial charge is 0.466 e. The molecule has 3 unspecified atom stereocenters. The highest BCUT2D eigenvalue weighted by molar-refractivity contribution is 9.10. The summed E-state index contributed by atoms with van der Waals surface area (Å²) >= 11 is 3.29. The molecule has 0 aromatic heterocycles. The molecule has 1 saturated heterocycles. The number of fused-ring (bicyclic) bond motifs is 1. The van der Waals surface area contributed by atoms with Crippen LogP contribution in [0, 0.1) is 5.92 Å². The number of hydrogen-bond donors (Lipinski definition) is 0. The Kier molecular flexibility index (Phi) is 7.78. The average molecular weight is 524 g/mol. The van der Waals surface area contributed by atoms with Crippen LogP contribution in [0.15, 0.2) is 51.5 Å². The Morgan fingerprint density at radius 3 is 2.56 bits per heavy atom. The Morgan fingerprint density at radius 2 is 1.94 bits per heavy atom. The van der Waals surface area contributed by atoms with Crippen molar-refractivity contribution in [2.24, 2.45) is 5.92 Å². The Labute approximate surface area is 196 Å².